The third-order valence-electron chi connectivity index (χ3n) is 4.78. The molecule has 1 aromatic carbocycles. The second-order valence-corrected chi connectivity index (χ2v) is 8.55. The molecule has 0 saturated heterocycles. The fourth-order valence-electron chi connectivity index (χ4n) is 3.17. The van der Waals surface area contributed by atoms with Crippen molar-refractivity contribution in [1.29, 1.82) is 0 Å². The molecule has 0 unspecified atom stereocenters. The fourth-order valence-corrected chi connectivity index (χ4v) is 4.36. The molecule has 2 aromatic heterocycles. The molecule has 0 aliphatic carbocycles. The number of nitrogens with zero attached hydrogens (tertiary/aromatic N) is 3. The van der Waals surface area contributed by atoms with Crippen LogP contribution in [0.5, 0.6) is 0 Å². The highest BCUT2D eigenvalue weighted by Gasteiger charge is 2.22. The van der Waals surface area contributed by atoms with Crippen LogP contribution in [0.2, 0.25) is 5.02 Å². The van der Waals surface area contributed by atoms with Gasteiger partial charge in [0.05, 0.1) is 10.7 Å². The van der Waals surface area contributed by atoms with Crippen molar-refractivity contribution in [3.63, 3.8) is 0 Å². The minimum Gasteiger partial charge on any atom is -0.347 e. The molecule has 0 spiro atoms. The lowest BCUT2D eigenvalue weighted by Gasteiger charge is -2.20. The van der Waals surface area contributed by atoms with Crippen LogP contribution in [0.4, 0.5) is 5.69 Å². The molecule has 0 atom stereocenters. The van der Waals surface area contributed by atoms with E-state index in [2.05, 4.69) is 32.5 Å². The molecule has 0 saturated carbocycles. The van der Waals surface area contributed by atoms with Crippen LogP contribution in [0, 0.1) is 0 Å². The van der Waals surface area contributed by atoms with E-state index in [1.54, 1.807) is 18.2 Å². The van der Waals surface area contributed by atoms with Crippen molar-refractivity contribution in [1.82, 2.24) is 20.2 Å². The van der Waals surface area contributed by atoms with Gasteiger partial charge in [0, 0.05) is 42.8 Å². The van der Waals surface area contributed by atoms with Crippen LogP contribution >= 0.6 is 35.3 Å². The van der Waals surface area contributed by atoms with Gasteiger partial charge in [0.25, 0.3) is 11.8 Å². The molecular weight excluding hydrogens is 457 g/mol. The van der Waals surface area contributed by atoms with Gasteiger partial charge in [-0.3, -0.25) is 9.59 Å². The largest absolute Gasteiger partial charge is 0.347 e. The Labute approximate surface area is 195 Å². The number of amides is 2. The summed E-state index contributed by atoms with van der Waals surface area (Å²) in [6, 6.07) is 10.5. The van der Waals surface area contributed by atoms with Gasteiger partial charge in [0.2, 0.25) is 0 Å². The highest BCUT2D eigenvalue weighted by Crippen LogP contribution is 2.25. The lowest BCUT2D eigenvalue weighted by Crippen LogP contribution is -2.25. The van der Waals surface area contributed by atoms with E-state index < -0.39 is 0 Å². The SMILES string of the molecule is CN1CCc2nc(C(=O)Nc3ccccc3CNC(=O)c3ccc(Cl)cn3)sc2C1.Cl. The summed E-state index contributed by atoms with van der Waals surface area (Å²) < 4.78 is 0. The molecule has 2 amide bonds. The molecule has 3 heterocycles. The molecule has 31 heavy (non-hydrogen) atoms. The third kappa shape index (κ3) is 5.59. The van der Waals surface area contributed by atoms with Crippen LogP contribution < -0.4 is 10.6 Å². The number of nitrogens with one attached hydrogen (secondary N) is 2. The number of fused-ring (bicyclic) bond motifs is 1. The van der Waals surface area contributed by atoms with Gasteiger partial charge in [-0.2, -0.15) is 0 Å². The van der Waals surface area contributed by atoms with E-state index in [0.29, 0.717) is 15.7 Å². The Hall–Kier alpha value is -2.52. The summed E-state index contributed by atoms with van der Waals surface area (Å²) in [6.07, 6.45) is 2.28. The number of benzene rings is 1. The van der Waals surface area contributed by atoms with Gasteiger partial charge in [0.15, 0.2) is 5.01 Å². The zero-order valence-corrected chi connectivity index (χ0v) is 19.1. The van der Waals surface area contributed by atoms with Crippen molar-refractivity contribution in [2.45, 2.75) is 19.5 Å². The van der Waals surface area contributed by atoms with Crippen molar-refractivity contribution >= 4 is 52.8 Å². The number of hydrogen-bond acceptors (Lipinski definition) is 6. The number of carbonyl (C=O) groups is 2. The van der Waals surface area contributed by atoms with Crippen molar-refractivity contribution in [3.8, 4) is 0 Å². The maximum absolute atomic E-state index is 12.8. The summed E-state index contributed by atoms with van der Waals surface area (Å²) in [5, 5.41) is 6.67. The zero-order chi connectivity index (χ0) is 21.1. The van der Waals surface area contributed by atoms with E-state index in [0.717, 1.165) is 35.6 Å². The van der Waals surface area contributed by atoms with Gasteiger partial charge in [-0.15, -0.1) is 23.7 Å². The number of rotatable bonds is 5. The normalized spacial score (nSPS) is 13.1. The second-order valence-electron chi connectivity index (χ2n) is 7.03. The summed E-state index contributed by atoms with van der Waals surface area (Å²) in [4.78, 5) is 37.0. The molecule has 162 valence electrons. The molecule has 1 aliphatic heterocycles. The van der Waals surface area contributed by atoms with Gasteiger partial charge < -0.3 is 15.5 Å². The average Bonchev–Trinajstić information content (AvgIpc) is 3.17. The molecule has 2 N–H and O–H groups in total. The van der Waals surface area contributed by atoms with Crippen molar-refractivity contribution in [2.75, 3.05) is 18.9 Å². The Bertz CT molecular complexity index is 1090. The first-order valence-electron chi connectivity index (χ1n) is 9.46. The Morgan fingerprint density at radius 3 is 2.77 bits per heavy atom. The van der Waals surface area contributed by atoms with Crippen molar-refractivity contribution < 1.29 is 9.59 Å². The summed E-state index contributed by atoms with van der Waals surface area (Å²) in [7, 11) is 2.06. The van der Waals surface area contributed by atoms with Crippen molar-refractivity contribution in [2.24, 2.45) is 0 Å². The number of hydrogen-bond donors (Lipinski definition) is 2. The topological polar surface area (TPSA) is 87.2 Å². The van der Waals surface area contributed by atoms with Gasteiger partial charge in [-0.1, -0.05) is 29.8 Å². The Kier molecular flexibility index (Phi) is 7.61. The third-order valence-corrected chi connectivity index (χ3v) is 6.09. The van der Waals surface area contributed by atoms with Gasteiger partial charge in [-0.05, 0) is 30.8 Å². The number of thiazole rings is 1. The average molecular weight is 478 g/mol. The predicted molar refractivity (Wildman–Crippen MR) is 124 cm³/mol. The van der Waals surface area contributed by atoms with E-state index in [1.807, 2.05) is 18.2 Å². The fraction of sp³-hybridized carbons (Fsp3) is 0.238. The molecule has 0 fully saturated rings. The van der Waals surface area contributed by atoms with Crippen molar-refractivity contribution in [3.05, 3.63) is 74.5 Å². The van der Waals surface area contributed by atoms with Gasteiger partial charge >= 0.3 is 0 Å². The zero-order valence-electron chi connectivity index (χ0n) is 16.7. The standard InChI is InChI=1S/C21H20ClN5O2S.ClH/c1-27-9-8-16-18(12-27)30-21(26-16)20(29)25-15-5-3-2-4-13(15)10-24-19(28)17-7-6-14(22)11-23-17;/h2-7,11H,8-10,12H2,1H3,(H,24,28)(H,25,29);1H. The van der Waals surface area contributed by atoms with Crippen LogP contribution in [0.3, 0.4) is 0 Å². The van der Waals surface area contributed by atoms with Crippen LogP contribution in [-0.2, 0) is 19.5 Å². The van der Waals surface area contributed by atoms with Gasteiger partial charge in [-0.25, -0.2) is 9.97 Å². The monoisotopic (exact) mass is 477 g/mol. The minimum absolute atomic E-state index is 0. The highest BCUT2D eigenvalue weighted by atomic mass is 35.5. The van der Waals surface area contributed by atoms with E-state index in [1.165, 1.54) is 17.5 Å². The number of anilines is 1. The van der Waals surface area contributed by atoms with Gasteiger partial charge in [0.1, 0.15) is 5.69 Å². The van der Waals surface area contributed by atoms with Crippen LogP contribution in [0.1, 0.15) is 36.4 Å². The first-order valence-corrected chi connectivity index (χ1v) is 10.6. The lowest BCUT2D eigenvalue weighted by molar-refractivity contribution is 0.0945. The number of likely N-dealkylation sites (N-methyl/N-ethyl adjacent to an activating group) is 1. The molecule has 7 nitrogen and oxygen atoms in total. The lowest BCUT2D eigenvalue weighted by atomic mass is 10.1. The first-order chi connectivity index (χ1) is 14.5. The maximum Gasteiger partial charge on any atom is 0.284 e. The van der Waals surface area contributed by atoms with E-state index in [-0.39, 0.29) is 36.5 Å². The quantitative estimate of drug-likeness (QED) is 0.583. The second kappa shape index (κ2) is 10.2. The number of halogens is 2. The Balaban J connectivity index is 0.00000272. The van der Waals surface area contributed by atoms with E-state index >= 15 is 0 Å². The smallest absolute Gasteiger partial charge is 0.284 e. The number of pyridine rings is 1. The van der Waals surface area contributed by atoms with Crippen LogP contribution in [0.25, 0.3) is 0 Å². The maximum atomic E-state index is 12.8. The molecular formula is C21H21Cl2N5O2S. The summed E-state index contributed by atoms with van der Waals surface area (Å²) in [6.45, 7) is 2.02. The Morgan fingerprint density at radius 2 is 2.00 bits per heavy atom. The number of aromatic nitrogens is 2. The summed E-state index contributed by atoms with van der Waals surface area (Å²) in [5.74, 6) is -0.556. The molecule has 0 radical (unpaired) electrons. The number of para-hydroxylation sites is 1. The molecule has 1 aliphatic rings. The van der Waals surface area contributed by atoms with Crippen LogP contribution in [-0.4, -0.2) is 40.3 Å². The highest BCUT2D eigenvalue weighted by molar-refractivity contribution is 7.13. The molecule has 3 aromatic rings. The molecule has 0 bridgehead atoms. The number of carbonyl (C=O) groups excluding carboxylic acids is 2. The Morgan fingerprint density at radius 1 is 1.19 bits per heavy atom. The van der Waals surface area contributed by atoms with E-state index in [4.69, 9.17) is 11.6 Å². The van der Waals surface area contributed by atoms with E-state index in [9.17, 15) is 9.59 Å². The first kappa shape index (κ1) is 23.1. The summed E-state index contributed by atoms with van der Waals surface area (Å²) in [5.41, 5.74) is 2.71. The summed E-state index contributed by atoms with van der Waals surface area (Å²) >= 11 is 7.24. The molecule has 4 rings (SSSR count). The predicted octanol–water partition coefficient (Wildman–Crippen LogP) is 3.78. The van der Waals surface area contributed by atoms with Crippen LogP contribution in [0.15, 0.2) is 42.6 Å². The minimum atomic E-state index is -0.315. The molecule has 10 heteroatoms.